The van der Waals surface area contributed by atoms with Crippen molar-refractivity contribution in [3.8, 4) is 22.1 Å². The number of thiazole rings is 1. The number of anilines is 1. The molecule has 6 nitrogen and oxygen atoms in total. The Hall–Kier alpha value is -3.10. The quantitative estimate of drug-likeness (QED) is 0.241. The second-order valence-corrected chi connectivity index (χ2v) is 11.5. The summed E-state index contributed by atoms with van der Waals surface area (Å²) in [5, 5.41) is 7.36. The van der Waals surface area contributed by atoms with Gasteiger partial charge in [-0.1, -0.05) is 22.0 Å². The van der Waals surface area contributed by atoms with Gasteiger partial charge >= 0.3 is 0 Å². The molecule has 4 aromatic rings. The van der Waals surface area contributed by atoms with Crippen LogP contribution in [-0.2, 0) is 11.3 Å². The summed E-state index contributed by atoms with van der Waals surface area (Å²) in [5.74, 6) is 0.911. The Morgan fingerprint density at radius 3 is 2.53 bits per heavy atom. The van der Waals surface area contributed by atoms with Gasteiger partial charge in [-0.25, -0.2) is 4.98 Å². The maximum Gasteiger partial charge on any atom is 0.258 e. The van der Waals surface area contributed by atoms with Crippen LogP contribution in [-0.4, -0.2) is 30.1 Å². The minimum absolute atomic E-state index is 0.104. The number of aromatic nitrogens is 1. The molecule has 0 atom stereocenters. The standard InChI is InChI=1S/C28H30BrN3O3S/c1-17-6-12-22-24(14-17)36-27(31-22)18-7-9-19(10-8-18)30-15-20-21(29)11-13-23(34-5)26(20)35-16-25(33)32-28(2,3)4/h6-14,30H,15-16H2,1-5H3,(H,32,33). The van der Waals surface area contributed by atoms with Crippen LogP contribution in [0, 0.1) is 6.92 Å². The Morgan fingerprint density at radius 2 is 1.83 bits per heavy atom. The van der Waals surface area contributed by atoms with E-state index in [2.05, 4.69) is 63.8 Å². The summed E-state index contributed by atoms with van der Waals surface area (Å²) in [7, 11) is 1.59. The fraction of sp³-hybridized carbons (Fsp3) is 0.286. The lowest BCUT2D eigenvalue weighted by atomic mass is 10.1. The maximum atomic E-state index is 12.3. The first kappa shape index (κ1) is 26.0. The molecule has 8 heteroatoms. The summed E-state index contributed by atoms with van der Waals surface area (Å²) in [5.41, 5.74) is 4.83. The first-order valence-electron chi connectivity index (χ1n) is 11.6. The number of ether oxygens (including phenoxy) is 2. The number of carbonyl (C=O) groups excluding carboxylic acids is 1. The maximum absolute atomic E-state index is 12.3. The van der Waals surface area contributed by atoms with E-state index in [-0.39, 0.29) is 18.1 Å². The lowest BCUT2D eigenvalue weighted by Crippen LogP contribution is -2.43. The second kappa shape index (κ2) is 10.9. The number of hydrogen-bond acceptors (Lipinski definition) is 6. The van der Waals surface area contributed by atoms with E-state index >= 15 is 0 Å². The number of benzene rings is 3. The fourth-order valence-electron chi connectivity index (χ4n) is 3.73. The molecule has 0 aliphatic carbocycles. The van der Waals surface area contributed by atoms with Crippen molar-refractivity contribution in [2.24, 2.45) is 0 Å². The van der Waals surface area contributed by atoms with Gasteiger partial charge in [0.05, 0.1) is 17.3 Å². The highest BCUT2D eigenvalue weighted by Crippen LogP contribution is 2.37. The molecule has 0 aliphatic heterocycles. The van der Waals surface area contributed by atoms with E-state index in [1.54, 1.807) is 18.4 Å². The number of fused-ring (bicyclic) bond motifs is 1. The van der Waals surface area contributed by atoms with Crippen LogP contribution in [0.3, 0.4) is 0 Å². The van der Waals surface area contributed by atoms with E-state index < -0.39 is 0 Å². The molecule has 0 unspecified atom stereocenters. The monoisotopic (exact) mass is 567 g/mol. The summed E-state index contributed by atoms with van der Waals surface area (Å²) in [6, 6.07) is 18.3. The molecule has 0 spiro atoms. The van der Waals surface area contributed by atoms with E-state index in [1.807, 2.05) is 45.0 Å². The van der Waals surface area contributed by atoms with Gasteiger partial charge in [0.15, 0.2) is 18.1 Å². The van der Waals surface area contributed by atoms with Crippen molar-refractivity contribution in [3.63, 3.8) is 0 Å². The van der Waals surface area contributed by atoms with Gasteiger partial charge in [-0.15, -0.1) is 11.3 Å². The highest BCUT2D eigenvalue weighted by Gasteiger charge is 2.18. The minimum Gasteiger partial charge on any atom is -0.493 e. The highest BCUT2D eigenvalue weighted by atomic mass is 79.9. The molecule has 0 bridgehead atoms. The van der Waals surface area contributed by atoms with Gasteiger partial charge in [0.2, 0.25) is 0 Å². The SMILES string of the molecule is COc1ccc(Br)c(CNc2ccc(-c3nc4ccc(C)cc4s3)cc2)c1OCC(=O)NC(C)(C)C. The van der Waals surface area contributed by atoms with Crippen molar-refractivity contribution in [2.75, 3.05) is 19.0 Å². The smallest absolute Gasteiger partial charge is 0.258 e. The van der Waals surface area contributed by atoms with Gasteiger partial charge in [0.1, 0.15) is 5.01 Å². The van der Waals surface area contributed by atoms with Crippen molar-refractivity contribution in [1.29, 1.82) is 0 Å². The molecule has 1 amide bonds. The van der Waals surface area contributed by atoms with Gasteiger partial charge < -0.3 is 20.1 Å². The number of aryl methyl sites for hydroxylation is 1. The third-order valence-corrected chi connectivity index (χ3v) is 7.20. The number of hydrogen-bond donors (Lipinski definition) is 2. The van der Waals surface area contributed by atoms with E-state index in [9.17, 15) is 4.79 Å². The van der Waals surface area contributed by atoms with E-state index in [4.69, 9.17) is 14.5 Å². The summed E-state index contributed by atoms with van der Waals surface area (Å²) < 4.78 is 13.5. The lowest BCUT2D eigenvalue weighted by Gasteiger charge is -2.22. The van der Waals surface area contributed by atoms with E-state index in [1.165, 1.54) is 10.3 Å². The molecular formula is C28H30BrN3O3S. The molecule has 0 saturated carbocycles. The van der Waals surface area contributed by atoms with Crippen molar-refractivity contribution in [1.82, 2.24) is 10.3 Å². The minimum atomic E-state index is -0.331. The number of amides is 1. The van der Waals surface area contributed by atoms with Crippen LogP contribution in [0.4, 0.5) is 5.69 Å². The molecule has 0 fully saturated rings. The zero-order chi connectivity index (χ0) is 25.9. The van der Waals surface area contributed by atoms with Crippen LogP contribution >= 0.6 is 27.3 Å². The molecule has 4 rings (SSSR count). The van der Waals surface area contributed by atoms with Crippen LogP contribution in [0.15, 0.2) is 59.1 Å². The molecule has 1 heterocycles. The number of nitrogens with one attached hydrogen (secondary N) is 2. The molecular weight excluding hydrogens is 538 g/mol. The van der Waals surface area contributed by atoms with Crippen molar-refractivity contribution in [3.05, 3.63) is 70.2 Å². The summed E-state index contributed by atoms with van der Waals surface area (Å²) in [6.45, 7) is 8.27. The molecule has 3 aromatic carbocycles. The topological polar surface area (TPSA) is 72.5 Å². The van der Waals surface area contributed by atoms with Gasteiger partial charge in [0, 0.05) is 33.4 Å². The van der Waals surface area contributed by atoms with Crippen LogP contribution in [0.5, 0.6) is 11.5 Å². The molecule has 2 N–H and O–H groups in total. The molecule has 0 saturated heterocycles. The van der Waals surface area contributed by atoms with Crippen LogP contribution in [0.1, 0.15) is 31.9 Å². The fourth-order valence-corrected chi connectivity index (χ4v) is 5.26. The van der Waals surface area contributed by atoms with Crippen LogP contribution in [0.2, 0.25) is 0 Å². The number of methoxy groups -OCH3 is 1. The third kappa shape index (κ3) is 6.36. The summed E-state index contributed by atoms with van der Waals surface area (Å²) >= 11 is 5.32. The Balaban J connectivity index is 1.48. The zero-order valence-corrected chi connectivity index (χ0v) is 23.5. The number of nitrogens with zero attached hydrogens (tertiary/aromatic N) is 1. The van der Waals surface area contributed by atoms with Crippen LogP contribution in [0.25, 0.3) is 20.8 Å². The lowest BCUT2D eigenvalue weighted by molar-refractivity contribution is -0.124. The Kier molecular flexibility index (Phi) is 7.85. The summed E-state index contributed by atoms with van der Waals surface area (Å²) in [6.07, 6.45) is 0. The van der Waals surface area contributed by atoms with Crippen molar-refractivity contribution >= 4 is 49.1 Å². The van der Waals surface area contributed by atoms with Gasteiger partial charge in [0.25, 0.3) is 5.91 Å². The second-order valence-electron chi connectivity index (χ2n) is 9.57. The Morgan fingerprint density at radius 1 is 1.08 bits per heavy atom. The Labute approximate surface area is 224 Å². The van der Waals surface area contributed by atoms with E-state index in [0.29, 0.717) is 18.0 Å². The number of carbonyl (C=O) groups is 1. The number of rotatable bonds is 8. The summed E-state index contributed by atoms with van der Waals surface area (Å²) in [4.78, 5) is 17.1. The largest absolute Gasteiger partial charge is 0.493 e. The number of halogens is 1. The van der Waals surface area contributed by atoms with Gasteiger partial charge in [-0.2, -0.15) is 0 Å². The molecule has 36 heavy (non-hydrogen) atoms. The van der Waals surface area contributed by atoms with Crippen LogP contribution < -0.4 is 20.1 Å². The third-order valence-electron chi connectivity index (χ3n) is 5.39. The first-order chi connectivity index (χ1) is 17.1. The highest BCUT2D eigenvalue weighted by molar-refractivity contribution is 9.10. The predicted octanol–water partition coefficient (Wildman–Crippen LogP) is 6.95. The Bertz CT molecular complexity index is 1380. The molecule has 0 radical (unpaired) electrons. The van der Waals surface area contributed by atoms with E-state index in [0.717, 1.165) is 31.8 Å². The molecule has 188 valence electrons. The average Bonchev–Trinajstić information content (AvgIpc) is 3.24. The normalized spacial score (nSPS) is 11.4. The molecule has 0 aliphatic rings. The molecule has 1 aromatic heterocycles. The van der Waals surface area contributed by atoms with Gasteiger partial charge in [-0.3, -0.25) is 4.79 Å². The van der Waals surface area contributed by atoms with Gasteiger partial charge in [-0.05, 0) is 81.8 Å². The van der Waals surface area contributed by atoms with Crippen molar-refractivity contribution < 1.29 is 14.3 Å². The van der Waals surface area contributed by atoms with Crippen molar-refractivity contribution in [2.45, 2.75) is 39.8 Å². The first-order valence-corrected chi connectivity index (χ1v) is 13.2. The average molecular weight is 569 g/mol. The zero-order valence-electron chi connectivity index (χ0n) is 21.1. The predicted molar refractivity (Wildman–Crippen MR) is 151 cm³/mol.